The molecule has 10 aliphatic heterocycles. The molecule has 0 bridgehead atoms. The van der Waals surface area contributed by atoms with E-state index in [0.29, 0.717) is 41.4 Å². The van der Waals surface area contributed by atoms with E-state index in [2.05, 4.69) is 104 Å². The summed E-state index contributed by atoms with van der Waals surface area (Å²) in [6.07, 6.45) is 28.3. The van der Waals surface area contributed by atoms with Crippen LogP contribution in [0.25, 0.3) is 0 Å². The van der Waals surface area contributed by atoms with E-state index in [1.165, 1.54) is 175 Å². The monoisotopic (exact) mass is 2050 g/mol. The van der Waals surface area contributed by atoms with Crippen LogP contribution in [0.1, 0.15) is 67.2 Å². The van der Waals surface area contributed by atoms with Crippen molar-refractivity contribution in [2.24, 2.45) is 72.5 Å². The number of imide groups is 2. The highest BCUT2D eigenvalue weighted by Crippen LogP contribution is 2.17. The molecule has 4 aromatic rings. The van der Waals surface area contributed by atoms with Crippen LogP contribution in [0.4, 0.5) is 9.59 Å². The van der Waals surface area contributed by atoms with Gasteiger partial charge in [-0.3, -0.25) is 100 Å². The Kier molecular flexibility index (Phi) is 49.0. The summed E-state index contributed by atoms with van der Waals surface area (Å²) in [6, 6.07) is -1.46. The standard InChI is InChI=1S/C7H10N2O.2C7H10N2.C6H9N3O2.C6H9N3.C6H10N2O2S.C6H8N2O2.2C6H8N2O.2C5H7N3O2.3C5H8N2O3S.CH4/c1-5-4-8-6(2)7(10)9(5)3;1-6-5-9(3)7(2)4-8-6;1-6-4-8-7(2)9(3)5-6;1-4-7-5(10)9(3)6(11)8(4)2;1-5-4-9(3)6(2)8-7-5;1-5-4-7-11(3,10)8(2)6(5)9;1-4-6(10)8(2)5(9)3-7-4;1-5-4-8(2)6(9)3-7-5;1-5-3-7-6(9)8(2)4-5;2*1-7-3-6-4(9)8(2)5(7)10;2*1-6-4-3-5(8)7(2)11(6,9)10;1-4-3-6-11(9,10)7(2)5(4)8;/h4,6H,1H2,2-3H3;2*4-5H,2H2,1,3H3;1H2,2-3H3,(H,7,10);4H,2H2,1,3H3;4H,3H2,1-2H3,(H,7,10);3-4H,1-2H3;2*3-4H,1-2H3;2*3H,1-2H3;2*3-4H,1-2H3;3,6H,1-2H3;1H4. The van der Waals surface area contributed by atoms with Crippen LogP contribution in [0.5, 0.6) is 0 Å². The van der Waals surface area contributed by atoms with Crippen molar-refractivity contribution >= 4 is 125 Å². The molecule has 141 heavy (non-hydrogen) atoms. The summed E-state index contributed by atoms with van der Waals surface area (Å²) in [5.41, 5.74) is 5.39. The molecule has 3 N–H and O–H groups in total. The summed E-state index contributed by atoms with van der Waals surface area (Å²) in [6.45, 7) is 34.5. The fourth-order valence-corrected chi connectivity index (χ4v) is 12.8. The summed E-state index contributed by atoms with van der Waals surface area (Å²) in [4.78, 5) is 203. The summed E-state index contributed by atoms with van der Waals surface area (Å²) < 4.78 is 94.6. The van der Waals surface area contributed by atoms with Gasteiger partial charge >= 0.3 is 71.1 Å². The largest absolute Gasteiger partial charge is 0.352 e. The average molecular weight is 2050 g/mol. The number of nitrogens with zero attached hydrogens (tertiary/aromatic N) is 29. The molecular weight excluding hydrogens is 1930 g/mol. The van der Waals surface area contributed by atoms with Gasteiger partial charge in [0, 0.05) is 232 Å². The van der Waals surface area contributed by atoms with Gasteiger partial charge in [-0.05, 0) is 79.3 Å². The molecule has 0 radical (unpaired) electrons. The van der Waals surface area contributed by atoms with Crippen molar-refractivity contribution < 1.29 is 72.6 Å². The highest BCUT2D eigenvalue weighted by Gasteiger charge is 2.32. The fraction of sp³-hybridized carbons (Fsp3) is 0.373. The van der Waals surface area contributed by atoms with Crippen molar-refractivity contribution in [2.75, 3.05) is 91.6 Å². The molecule has 3 atom stereocenters. The zero-order valence-corrected chi connectivity index (χ0v) is 86.2. The van der Waals surface area contributed by atoms with Crippen molar-refractivity contribution in [3.05, 3.63) is 257 Å². The maximum atomic E-state index is 11.3. The van der Waals surface area contributed by atoms with E-state index in [1.807, 2.05) is 95.3 Å². The van der Waals surface area contributed by atoms with Crippen LogP contribution >= 0.6 is 0 Å². The first-order valence-corrected chi connectivity index (χ1v) is 46.0. The van der Waals surface area contributed by atoms with Gasteiger partial charge in [0.05, 0.1) is 47.1 Å². The summed E-state index contributed by atoms with van der Waals surface area (Å²) in [5.74, 6) is 2.78. The minimum absolute atomic E-state index is 0. The second-order valence-electron chi connectivity index (χ2n) is 30.0. The topological polar surface area (TPSA) is 609 Å². The Balaban J connectivity index is 0.00000150. The Morgan fingerprint density at radius 2 is 0.865 bits per heavy atom. The highest BCUT2D eigenvalue weighted by atomic mass is 32.2. The van der Waals surface area contributed by atoms with Crippen LogP contribution in [-0.4, -0.2) is 325 Å². The second-order valence-corrected chi connectivity index (χ2v) is 37.8. The van der Waals surface area contributed by atoms with E-state index in [9.17, 15) is 101 Å². The van der Waals surface area contributed by atoms with E-state index in [-0.39, 0.29) is 65.8 Å². The van der Waals surface area contributed by atoms with E-state index in [4.69, 9.17) is 0 Å². The van der Waals surface area contributed by atoms with Crippen molar-refractivity contribution in [3.8, 4) is 0 Å². The third-order valence-corrected chi connectivity index (χ3v) is 24.8. The van der Waals surface area contributed by atoms with E-state index in [0.717, 1.165) is 71.6 Å². The molecule has 0 aliphatic carbocycles. The number of aliphatic imine (C=N–C) groups is 4. The van der Waals surface area contributed by atoms with Crippen LogP contribution in [-0.2, 0) is 116 Å². The van der Waals surface area contributed by atoms with Gasteiger partial charge in [-0.25, -0.2) is 74.7 Å². The average Bonchev–Trinajstić information content (AvgIpc) is 0.778. The smallest absolute Gasteiger partial charge is 0.348 e. The lowest BCUT2D eigenvalue weighted by Crippen LogP contribution is -2.54. The van der Waals surface area contributed by atoms with Gasteiger partial charge in [-0.1, -0.05) is 40.3 Å². The third kappa shape index (κ3) is 38.4. The van der Waals surface area contributed by atoms with Crippen LogP contribution in [0.15, 0.2) is 242 Å². The summed E-state index contributed by atoms with van der Waals surface area (Å²) in [7, 11) is 15.7. The molecule has 3 unspecified atom stereocenters. The minimum atomic E-state index is -3.59. The lowest BCUT2D eigenvalue weighted by molar-refractivity contribution is -0.140. The Bertz CT molecular complexity index is 6270. The maximum absolute atomic E-state index is 11.3. The van der Waals surface area contributed by atoms with Crippen molar-refractivity contribution in [2.45, 2.75) is 81.8 Å². The number of hydrogen-bond donors (Lipinski definition) is 3. The number of carbonyl (C=O) groups excluding carboxylic acids is 9. The van der Waals surface area contributed by atoms with Gasteiger partial charge in [-0.15, -0.1) is 5.11 Å². The number of rotatable bonds is 0. The van der Waals surface area contributed by atoms with Crippen LogP contribution in [0.2, 0.25) is 0 Å². The Hall–Kier alpha value is -16.2. The lowest BCUT2D eigenvalue weighted by Gasteiger charge is -2.30. The van der Waals surface area contributed by atoms with Crippen LogP contribution < -0.4 is 48.8 Å². The number of hydrogen-bond acceptors (Lipinski definition) is 35. The zero-order valence-electron chi connectivity index (χ0n) is 83.0. The highest BCUT2D eigenvalue weighted by molar-refractivity contribution is 7.97. The molecule has 14 rings (SSSR count). The number of aryl methyl sites for hydroxylation is 6. The van der Waals surface area contributed by atoms with Gasteiger partial charge in [0.2, 0.25) is 0 Å². The molecular formula is C83H124N32O22S4. The molecule has 0 aromatic carbocycles. The summed E-state index contributed by atoms with van der Waals surface area (Å²) in [5, 5.41) is 9.99. The molecule has 4 aromatic heterocycles. The predicted octanol–water partition coefficient (Wildman–Crippen LogP) is -0.724. The molecule has 1 fully saturated rings. The minimum Gasteiger partial charge on any atom is -0.348 e. The Morgan fingerprint density at radius 1 is 0.411 bits per heavy atom. The molecule has 0 spiro atoms. The number of likely N-dealkylation sites (N-methyl/N-ethyl adjacent to an activating group) is 6. The van der Waals surface area contributed by atoms with Gasteiger partial charge in [-0.2, -0.15) is 40.3 Å². The molecule has 58 heteroatoms. The Labute approximate surface area is 817 Å². The number of amides is 11. The van der Waals surface area contributed by atoms with Crippen molar-refractivity contribution in [1.82, 2.24) is 122 Å². The SMILES string of the molecule is C.C=C1C=NC(C)=CN1C.C=C1C=NC(C)C(=O)N1C.C=C1N=CC(C)=CN1C.C=C1N=NC(C)=CN1C.C=C1NC(=O)N(C)C(=O)N1C.C=S1(=O)NC=C(C)C(=O)N1C.CC1=CNS(=O)(=O)N(C)C1=O.CC1N=CC(=O)N(C)C1=O.CN1C=CC(=O)N(C)S1(=O)=O.CN1C=CC(=O)N(C)S1(=O)=O.Cc1cn(C)c(=O)cn1.Cc1cnc(=O)n(C)c1.Cn1cnc(=O)n(C)c1=O.Cn1cnc(=O)n(C)c1=O. The van der Waals surface area contributed by atoms with Gasteiger partial charge in [0.25, 0.3) is 46.9 Å². The van der Waals surface area contributed by atoms with Crippen LogP contribution in [0.3, 0.4) is 0 Å². The quantitative estimate of drug-likeness (QED) is 0.144. The molecule has 772 valence electrons. The number of allylic oxidation sites excluding steroid dienone is 5. The maximum Gasteiger partial charge on any atom is 0.352 e. The zero-order chi connectivity index (χ0) is 108. The van der Waals surface area contributed by atoms with Crippen molar-refractivity contribution in [3.63, 3.8) is 0 Å². The number of urea groups is 2. The van der Waals surface area contributed by atoms with Gasteiger partial charge < -0.3 is 33.5 Å². The first-order valence-electron chi connectivity index (χ1n) is 40.1. The van der Waals surface area contributed by atoms with Crippen LogP contribution in [0, 0.1) is 13.8 Å². The second kappa shape index (κ2) is 55.3. The first-order chi connectivity index (χ1) is 64.3. The van der Waals surface area contributed by atoms with E-state index in [1.54, 1.807) is 86.9 Å². The third-order valence-electron chi connectivity index (χ3n) is 18.6. The molecule has 0 saturated carbocycles. The molecule has 14 heterocycles. The van der Waals surface area contributed by atoms with E-state index < -0.39 is 81.7 Å². The molecule has 1 saturated heterocycles. The van der Waals surface area contributed by atoms with Crippen molar-refractivity contribution in [1.29, 1.82) is 0 Å². The first kappa shape index (κ1) is 125. The fourth-order valence-electron chi connectivity index (χ4n) is 9.26. The number of carbonyl (C=O) groups is 9. The lowest BCUT2D eigenvalue weighted by atomic mass is 10.2. The molecule has 11 amide bonds. The number of nitrogens with one attached hydrogen (secondary N) is 3. The summed E-state index contributed by atoms with van der Waals surface area (Å²) >= 11 is 0. The van der Waals surface area contributed by atoms with Gasteiger partial charge in [0.15, 0.2) is 0 Å². The number of aromatic nitrogens is 10. The Morgan fingerprint density at radius 3 is 1.25 bits per heavy atom. The molecule has 10 aliphatic rings. The number of azo groups is 1. The van der Waals surface area contributed by atoms with Gasteiger partial charge in [0.1, 0.15) is 52.1 Å². The predicted molar refractivity (Wildman–Crippen MR) is 533 cm³/mol. The molecule has 54 nitrogen and oxygen atoms in total. The van der Waals surface area contributed by atoms with E-state index >= 15 is 0 Å². The normalized spacial score (nSPS) is 19.0.